The van der Waals surface area contributed by atoms with E-state index in [2.05, 4.69) is 47.1 Å². The van der Waals surface area contributed by atoms with Gasteiger partial charge in [-0.3, -0.25) is 4.68 Å². The predicted octanol–water partition coefficient (Wildman–Crippen LogP) is 3.17. The first-order valence-corrected chi connectivity index (χ1v) is 7.82. The third-order valence-electron chi connectivity index (χ3n) is 3.26. The Balaban J connectivity index is 2.64. The van der Waals surface area contributed by atoms with Crippen LogP contribution in [0.25, 0.3) is 0 Å². The van der Waals surface area contributed by atoms with Crippen LogP contribution in [0.2, 0.25) is 0 Å². The van der Waals surface area contributed by atoms with Crippen molar-refractivity contribution < 1.29 is 4.74 Å². The highest BCUT2D eigenvalue weighted by Gasteiger charge is 2.18. The SMILES string of the molecule is CCCNC(C)CC(C)c1c(Br)cnn1CCOC. The number of hydrogen-bond donors (Lipinski definition) is 1. The standard InChI is InChI=1S/C14H26BrN3O/c1-5-6-16-12(3)9-11(2)14-13(15)10-17-18(14)7-8-19-4/h10-12,16H,5-9H2,1-4H3. The summed E-state index contributed by atoms with van der Waals surface area (Å²) in [6.45, 7) is 9.28. The van der Waals surface area contributed by atoms with E-state index in [0.29, 0.717) is 18.6 Å². The number of nitrogens with zero attached hydrogens (tertiary/aromatic N) is 2. The van der Waals surface area contributed by atoms with Gasteiger partial charge in [0.2, 0.25) is 0 Å². The van der Waals surface area contributed by atoms with E-state index < -0.39 is 0 Å². The van der Waals surface area contributed by atoms with Crippen molar-refractivity contribution in [1.29, 1.82) is 0 Å². The minimum absolute atomic E-state index is 0.466. The van der Waals surface area contributed by atoms with E-state index in [4.69, 9.17) is 4.74 Å². The Labute approximate surface area is 125 Å². The van der Waals surface area contributed by atoms with Crippen LogP contribution in [0.5, 0.6) is 0 Å². The number of rotatable bonds is 9. The molecule has 1 rings (SSSR count). The van der Waals surface area contributed by atoms with Crippen LogP contribution in [0, 0.1) is 0 Å². The third-order valence-corrected chi connectivity index (χ3v) is 3.87. The number of hydrogen-bond acceptors (Lipinski definition) is 3. The van der Waals surface area contributed by atoms with Gasteiger partial charge in [-0.05, 0) is 42.2 Å². The largest absolute Gasteiger partial charge is 0.383 e. The van der Waals surface area contributed by atoms with Crippen molar-refractivity contribution >= 4 is 15.9 Å². The summed E-state index contributed by atoms with van der Waals surface area (Å²) in [5.41, 5.74) is 1.27. The highest BCUT2D eigenvalue weighted by molar-refractivity contribution is 9.10. The number of aromatic nitrogens is 2. The Hall–Kier alpha value is -0.390. The predicted molar refractivity (Wildman–Crippen MR) is 82.6 cm³/mol. The molecule has 0 spiro atoms. The Kier molecular flexibility index (Phi) is 7.64. The summed E-state index contributed by atoms with van der Waals surface area (Å²) >= 11 is 3.61. The van der Waals surface area contributed by atoms with Gasteiger partial charge in [-0.2, -0.15) is 5.10 Å². The zero-order valence-electron chi connectivity index (χ0n) is 12.4. The monoisotopic (exact) mass is 331 g/mol. The van der Waals surface area contributed by atoms with Gasteiger partial charge in [-0.25, -0.2) is 0 Å². The Morgan fingerprint density at radius 2 is 2.21 bits per heavy atom. The summed E-state index contributed by atoms with van der Waals surface area (Å²) in [4.78, 5) is 0. The fourth-order valence-electron chi connectivity index (χ4n) is 2.33. The van der Waals surface area contributed by atoms with Crippen molar-refractivity contribution in [2.45, 2.75) is 52.1 Å². The number of halogens is 1. The van der Waals surface area contributed by atoms with E-state index in [9.17, 15) is 0 Å². The van der Waals surface area contributed by atoms with Crippen LogP contribution in [0.15, 0.2) is 10.7 Å². The van der Waals surface area contributed by atoms with E-state index >= 15 is 0 Å². The maximum atomic E-state index is 5.14. The second-order valence-electron chi connectivity index (χ2n) is 5.09. The molecule has 0 aliphatic rings. The Morgan fingerprint density at radius 1 is 1.47 bits per heavy atom. The Morgan fingerprint density at radius 3 is 2.84 bits per heavy atom. The number of methoxy groups -OCH3 is 1. The summed E-state index contributed by atoms with van der Waals surface area (Å²) in [5, 5.41) is 7.95. The van der Waals surface area contributed by atoms with Gasteiger partial charge in [-0.15, -0.1) is 0 Å². The lowest BCUT2D eigenvalue weighted by Gasteiger charge is -2.20. The van der Waals surface area contributed by atoms with E-state index in [1.54, 1.807) is 7.11 Å². The van der Waals surface area contributed by atoms with Crippen molar-refractivity contribution in [2.75, 3.05) is 20.3 Å². The van der Waals surface area contributed by atoms with Crippen LogP contribution in [0.4, 0.5) is 0 Å². The molecule has 0 fully saturated rings. The molecule has 0 aromatic carbocycles. The minimum Gasteiger partial charge on any atom is -0.383 e. The zero-order chi connectivity index (χ0) is 14.3. The van der Waals surface area contributed by atoms with E-state index in [0.717, 1.165) is 24.0 Å². The number of nitrogens with one attached hydrogen (secondary N) is 1. The van der Waals surface area contributed by atoms with Gasteiger partial charge < -0.3 is 10.1 Å². The summed E-state index contributed by atoms with van der Waals surface area (Å²) in [6, 6.07) is 0.521. The van der Waals surface area contributed by atoms with E-state index in [1.165, 1.54) is 12.1 Å². The maximum absolute atomic E-state index is 5.14. The molecule has 0 bridgehead atoms. The molecule has 2 atom stereocenters. The van der Waals surface area contributed by atoms with Crippen LogP contribution < -0.4 is 5.32 Å². The van der Waals surface area contributed by atoms with Crippen LogP contribution in [-0.2, 0) is 11.3 Å². The average Bonchev–Trinajstić information content (AvgIpc) is 2.75. The van der Waals surface area contributed by atoms with E-state index in [-0.39, 0.29) is 0 Å². The third kappa shape index (κ3) is 5.24. The van der Waals surface area contributed by atoms with Crippen LogP contribution >= 0.6 is 15.9 Å². The molecule has 4 nitrogen and oxygen atoms in total. The molecule has 1 aromatic heterocycles. The molecule has 1 N–H and O–H groups in total. The van der Waals surface area contributed by atoms with Gasteiger partial charge in [0.15, 0.2) is 0 Å². The molecule has 0 saturated heterocycles. The first-order valence-electron chi connectivity index (χ1n) is 7.03. The minimum atomic E-state index is 0.466. The van der Waals surface area contributed by atoms with Crippen molar-refractivity contribution in [3.63, 3.8) is 0 Å². The molecular weight excluding hydrogens is 306 g/mol. The lowest BCUT2D eigenvalue weighted by atomic mass is 9.99. The fourth-order valence-corrected chi connectivity index (χ4v) is 3.02. The summed E-state index contributed by atoms with van der Waals surface area (Å²) in [6.07, 6.45) is 4.16. The molecule has 2 unspecified atom stereocenters. The highest BCUT2D eigenvalue weighted by Crippen LogP contribution is 2.28. The van der Waals surface area contributed by atoms with Crippen molar-refractivity contribution in [2.24, 2.45) is 0 Å². The van der Waals surface area contributed by atoms with Crippen molar-refractivity contribution in [1.82, 2.24) is 15.1 Å². The second kappa shape index (κ2) is 8.72. The zero-order valence-corrected chi connectivity index (χ0v) is 14.0. The van der Waals surface area contributed by atoms with Crippen LogP contribution in [-0.4, -0.2) is 36.1 Å². The normalized spacial score (nSPS) is 14.6. The quantitative estimate of drug-likeness (QED) is 0.755. The first-order chi connectivity index (χ1) is 9.10. The molecular formula is C14H26BrN3O. The molecule has 0 saturated carbocycles. The lowest BCUT2D eigenvalue weighted by Crippen LogP contribution is -2.28. The molecule has 0 aliphatic heterocycles. The average molecular weight is 332 g/mol. The molecule has 1 heterocycles. The van der Waals surface area contributed by atoms with Crippen molar-refractivity contribution in [3.8, 4) is 0 Å². The van der Waals surface area contributed by atoms with E-state index in [1.807, 2.05) is 10.9 Å². The molecule has 0 amide bonds. The summed E-state index contributed by atoms with van der Waals surface area (Å²) in [5.74, 6) is 0.466. The molecule has 19 heavy (non-hydrogen) atoms. The van der Waals surface area contributed by atoms with Gasteiger partial charge in [-0.1, -0.05) is 13.8 Å². The van der Waals surface area contributed by atoms with Gasteiger partial charge in [0.25, 0.3) is 0 Å². The smallest absolute Gasteiger partial charge is 0.0658 e. The van der Waals surface area contributed by atoms with Crippen LogP contribution in [0.3, 0.4) is 0 Å². The summed E-state index contributed by atoms with van der Waals surface area (Å²) < 4.78 is 8.28. The molecule has 1 aromatic rings. The highest BCUT2D eigenvalue weighted by atomic mass is 79.9. The molecule has 0 aliphatic carbocycles. The topological polar surface area (TPSA) is 39.1 Å². The number of ether oxygens (including phenoxy) is 1. The van der Waals surface area contributed by atoms with Gasteiger partial charge in [0, 0.05) is 19.1 Å². The first kappa shape index (κ1) is 16.7. The molecule has 5 heteroatoms. The van der Waals surface area contributed by atoms with Gasteiger partial charge in [0.1, 0.15) is 0 Å². The fraction of sp³-hybridized carbons (Fsp3) is 0.786. The van der Waals surface area contributed by atoms with Gasteiger partial charge in [0.05, 0.1) is 29.5 Å². The lowest BCUT2D eigenvalue weighted by molar-refractivity contribution is 0.182. The molecule has 0 radical (unpaired) electrons. The second-order valence-corrected chi connectivity index (χ2v) is 5.94. The maximum Gasteiger partial charge on any atom is 0.0658 e. The Bertz CT molecular complexity index is 368. The van der Waals surface area contributed by atoms with Crippen molar-refractivity contribution in [3.05, 3.63) is 16.4 Å². The van der Waals surface area contributed by atoms with Crippen LogP contribution in [0.1, 0.15) is 45.2 Å². The van der Waals surface area contributed by atoms with Gasteiger partial charge >= 0.3 is 0 Å². The summed E-state index contributed by atoms with van der Waals surface area (Å²) in [7, 11) is 1.72. The molecule has 110 valence electrons.